The van der Waals surface area contributed by atoms with Gasteiger partial charge in [-0.3, -0.25) is 0 Å². The molecule has 0 amide bonds. The van der Waals surface area contributed by atoms with Crippen LogP contribution in [0.2, 0.25) is 0 Å². The number of likely N-dealkylation sites (N-methyl/N-ethyl adjacent to an activating group) is 1. The largest absolute Gasteiger partial charge is 0.449 e. The van der Waals surface area contributed by atoms with Crippen molar-refractivity contribution < 1.29 is 28.5 Å². The van der Waals surface area contributed by atoms with Gasteiger partial charge in [0.05, 0.1) is 58.4 Å². The van der Waals surface area contributed by atoms with Crippen LogP contribution in [-0.2, 0) is 50.1 Å². The summed E-state index contributed by atoms with van der Waals surface area (Å²) in [5, 5.41) is 3.60. The second-order valence-electron chi connectivity index (χ2n) is 16.6. The highest BCUT2D eigenvalue weighted by Gasteiger charge is 2.35. The first kappa shape index (κ1) is 46.0. The number of hydrogen-bond acceptors (Lipinski definition) is 8. The molecule has 0 spiro atoms. The number of benzene rings is 5. The zero-order valence-corrected chi connectivity index (χ0v) is 36.2. The fourth-order valence-corrected chi connectivity index (χ4v) is 7.69. The first-order chi connectivity index (χ1) is 30.5. The van der Waals surface area contributed by atoms with E-state index < -0.39 is 5.41 Å². The minimum Gasteiger partial charge on any atom is -0.449 e. The first-order valence-corrected chi connectivity index (χ1v) is 21.7. The van der Waals surface area contributed by atoms with Crippen molar-refractivity contribution in [3.8, 4) is 11.8 Å². The maximum Gasteiger partial charge on any atom is 0.339 e. The van der Waals surface area contributed by atoms with E-state index in [9.17, 15) is 4.79 Å². The molecule has 5 aromatic rings. The second-order valence-corrected chi connectivity index (χ2v) is 16.6. The van der Waals surface area contributed by atoms with Crippen LogP contribution in [0.1, 0.15) is 58.3 Å². The first-order valence-electron chi connectivity index (χ1n) is 21.7. The lowest BCUT2D eigenvalue weighted by molar-refractivity contribution is -0.0393. The van der Waals surface area contributed by atoms with Crippen LogP contribution in [0.15, 0.2) is 163 Å². The third-order valence-corrected chi connectivity index (χ3v) is 11.2. The monoisotopic (exact) mass is 834 g/mol. The van der Waals surface area contributed by atoms with Crippen molar-refractivity contribution in [3.05, 3.63) is 191 Å². The minimum absolute atomic E-state index is 0.00643. The molecule has 5 aromatic carbocycles. The van der Waals surface area contributed by atoms with E-state index in [1.54, 1.807) is 12.1 Å². The van der Waals surface area contributed by atoms with Crippen molar-refractivity contribution in [3.63, 3.8) is 0 Å². The van der Waals surface area contributed by atoms with E-state index in [2.05, 4.69) is 108 Å². The fourth-order valence-electron chi connectivity index (χ4n) is 7.69. The zero-order chi connectivity index (χ0) is 43.0. The molecule has 0 aliphatic carbocycles. The summed E-state index contributed by atoms with van der Waals surface area (Å²) in [6, 6.07) is 50.2. The van der Waals surface area contributed by atoms with E-state index in [4.69, 9.17) is 23.7 Å². The van der Waals surface area contributed by atoms with Crippen molar-refractivity contribution in [1.82, 2.24) is 10.2 Å². The number of carbonyl (C=O) groups excluding carboxylic acids is 1. The van der Waals surface area contributed by atoms with E-state index in [1.165, 1.54) is 5.57 Å². The van der Waals surface area contributed by atoms with Crippen LogP contribution in [0.3, 0.4) is 0 Å². The Bertz CT molecular complexity index is 2010. The molecule has 1 aliphatic heterocycles. The molecule has 1 N–H and O–H groups in total. The van der Waals surface area contributed by atoms with Crippen molar-refractivity contribution >= 4 is 5.97 Å². The molecule has 0 unspecified atom stereocenters. The van der Waals surface area contributed by atoms with Gasteiger partial charge in [-0.1, -0.05) is 151 Å². The molecular weight excluding hydrogens is 773 g/mol. The summed E-state index contributed by atoms with van der Waals surface area (Å²) in [6.45, 7) is 6.60. The second kappa shape index (κ2) is 25.4. The molecule has 1 heterocycles. The van der Waals surface area contributed by atoms with Crippen LogP contribution >= 0.6 is 0 Å². The van der Waals surface area contributed by atoms with Crippen LogP contribution in [-0.4, -0.2) is 70.6 Å². The van der Waals surface area contributed by atoms with Gasteiger partial charge in [-0.15, -0.1) is 0 Å². The summed E-state index contributed by atoms with van der Waals surface area (Å²) in [5.41, 5.74) is 5.73. The highest BCUT2D eigenvalue weighted by Crippen LogP contribution is 2.35. The van der Waals surface area contributed by atoms with Gasteiger partial charge in [-0.25, -0.2) is 4.79 Å². The normalized spacial score (nSPS) is 13.6. The zero-order valence-electron chi connectivity index (χ0n) is 36.2. The lowest BCUT2D eigenvalue weighted by atomic mass is 9.80. The average molecular weight is 835 g/mol. The van der Waals surface area contributed by atoms with Gasteiger partial charge in [0.15, 0.2) is 6.61 Å². The summed E-state index contributed by atoms with van der Waals surface area (Å²) in [5.74, 6) is 6.10. The number of nitrogens with zero attached hydrogens (tertiary/aromatic N) is 1. The Kier molecular flexibility index (Phi) is 18.9. The van der Waals surface area contributed by atoms with Gasteiger partial charge in [0.2, 0.25) is 0 Å². The molecule has 0 saturated heterocycles. The van der Waals surface area contributed by atoms with Gasteiger partial charge in [-0.05, 0) is 79.0 Å². The lowest BCUT2D eigenvalue weighted by Crippen LogP contribution is -2.37. The Morgan fingerprint density at radius 3 is 1.61 bits per heavy atom. The molecule has 8 heteroatoms. The Balaban J connectivity index is 1.14. The van der Waals surface area contributed by atoms with Crippen LogP contribution in [0.25, 0.3) is 0 Å². The summed E-state index contributed by atoms with van der Waals surface area (Å²) in [7, 11) is 2.18. The van der Waals surface area contributed by atoms with Crippen molar-refractivity contribution in [2.24, 2.45) is 10.8 Å². The molecule has 6 rings (SSSR count). The predicted octanol–water partition coefficient (Wildman–Crippen LogP) is 9.67. The fraction of sp³-hybridized carbons (Fsp3) is 0.352. The van der Waals surface area contributed by atoms with Gasteiger partial charge >= 0.3 is 5.97 Å². The highest BCUT2D eigenvalue weighted by molar-refractivity contribution is 5.89. The summed E-state index contributed by atoms with van der Waals surface area (Å²) in [6.07, 6.45) is 5.27. The molecule has 62 heavy (non-hydrogen) atoms. The number of nitrogens with one attached hydrogen (secondary N) is 1. The summed E-state index contributed by atoms with van der Waals surface area (Å²) >= 11 is 0. The SMILES string of the molecule is CN(CCC(CC#CCOC(=O)c1ccccc1)(COCc1ccccc1)COCc1ccccc1)CC1=CNCCC(COCc2ccccc2)(COCc2ccccc2)C1. The molecule has 0 saturated carbocycles. The highest BCUT2D eigenvalue weighted by atomic mass is 16.5. The molecule has 0 aromatic heterocycles. The van der Waals surface area contributed by atoms with E-state index in [0.717, 1.165) is 61.2 Å². The third-order valence-electron chi connectivity index (χ3n) is 11.2. The average Bonchev–Trinajstić information content (AvgIpc) is 3.51. The van der Waals surface area contributed by atoms with E-state index in [1.807, 2.05) is 66.7 Å². The Morgan fingerprint density at radius 2 is 1.11 bits per heavy atom. The number of carbonyl (C=O) groups is 1. The number of esters is 1. The standard InChI is InChI=1S/C54H62N2O6/c1-56(37-50-35-54(30-32-55-36-50,44-60-40-48-23-11-4-12-24-48)45-61-41-49-25-13-5-14-26-49)33-31-53(42-58-38-46-19-7-2-8-20-46,43-59-39-47-21-9-3-10-22-47)29-17-18-34-62-52(57)51-27-15-6-16-28-51/h2-16,19-28,36,55H,29-35,37-45H2,1H3. The van der Waals surface area contributed by atoms with Crippen molar-refractivity contribution in [2.45, 2.75) is 52.1 Å². The van der Waals surface area contributed by atoms with Gasteiger partial charge < -0.3 is 33.9 Å². The van der Waals surface area contributed by atoms with Gasteiger partial charge in [-0.2, -0.15) is 0 Å². The Hall–Kier alpha value is -5.53. The van der Waals surface area contributed by atoms with Crippen LogP contribution in [0, 0.1) is 22.7 Å². The molecule has 1 aliphatic rings. The van der Waals surface area contributed by atoms with Crippen molar-refractivity contribution in [1.29, 1.82) is 0 Å². The molecule has 0 radical (unpaired) electrons. The summed E-state index contributed by atoms with van der Waals surface area (Å²) < 4.78 is 31.5. The van der Waals surface area contributed by atoms with E-state index in [-0.39, 0.29) is 18.0 Å². The van der Waals surface area contributed by atoms with E-state index in [0.29, 0.717) is 64.8 Å². The lowest BCUT2D eigenvalue weighted by Gasteiger charge is -2.35. The van der Waals surface area contributed by atoms with Crippen LogP contribution in [0.5, 0.6) is 0 Å². The van der Waals surface area contributed by atoms with E-state index >= 15 is 0 Å². The number of rotatable bonds is 24. The maximum atomic E-state index is 12.6. The smallest absolute Gasteiger partial charge is 0.339 e. The quantitative estimate of drug-likeness (QED) is 0.0487. The van der Waals surface area contributed by atoms with Gasteiger partial charge in [0, 0.05) is 30.3 Å². The topological polar surface area (TPSA) is 78.5 Å². The molecular formula is C54H62N2O6. The molecule has 0 atom stereocenters. The molecule has 0 fully saturated rings. The summed E-state index contributed by atoms with van der Waals surface area (Å²) in [4.78, 5) is 15.0. The molecule has 0 bridgehead atoms. The Morgan fingerprint density at radius 1 is 0.645 bits per heavy atom. The van der Waals surface area contributed by atoms with Gasteiger partial charge in [0.25, 0.3) is 0 Å². The van der Waals surface area contributed by atoms with Crippen LogP contribution < -0.4 is 5.32 Å². The van der Waals surface area contributed by atoms with Crippen LogP contribution in [0.4, 0.5) is 0 Å². The molecule has 8 nitrogen and oxygen atoms in total. The Labute approximate surface area is 369 Å². The maximum absolute atomic E-state index is 12.6. The molecule has 324 valence electrons. The third kappa shape index (κ3) is 16.1. The van der Waals surface area contributed by atoms with Crippen molar-refractivity contribution in [2.75, 3.05) is 59.7 Å². The predicted molar refractivity (Wildman–Crippen MR) is 246 cm³/mol. The van der Waals surface area contributed by atoms with Gasteiger partial charge in [0.1, 0.15) is 0 Å². The number of ether oxygens (including phenoxy) is 5. The number of hydrogen-bond donors (Lipinski definition) is 1. The minimum atomic E-state index is -0.440.